The highest BCUT2D eigenvalue weighted by Gasteiger charge is 2.30. The molecule has 0 radical (unpaired) electrons. The van der Waals surface area contributed by atoms with E-state index in [1.807, 2.05) is 18.7 Å². The Morgan fingerprint density at radius 2 is 1.96 bits per heavy atom. The van der Waals surface area contributed by atoms with Crippen LogP contribution in [-0.4, -0.2) is 62.8 Å². The summed E-state index contributed by atoms with van der Waals surface area (Å²) >= 11 is 4.51. The van der Waals surface area contributed by atoms with Crippen molar-refractivity contribution in [1.29, 1.82) is 0 Å². The highest BCUT2D eigenvalue weighted by atomic mass is 79.9. The Morgan fingerprint density at radius 1 is 1.30 bits per heavy atom. The quantitative estimate of drug-likeness (QED) is 0.753. The molecule has 1 aliphatic heterocycles. The SMILES string of the molecule is CC(C)CNC(=O)CN1CCN(S(=O)(=O)c2ccc(Br)s2)CC1. The van der Waals surface area contributed by atoms with Crippen LogP contribution in [-0.2, 0) is 14.8 Å². The van der Waals surface area contributed by atoms with Crippen LogP contribution in [0.3, 0.4) is 0 Å². The van der Waals surface area contributed by atoms with E-state index in [0.717, 1.165) is 3.79 Å². The van der Waals surface area contributed by atoms with Crippen molar-refractivity contribution in [2.75, 3.05) is 39.3 Å². The number of amides is 1. The van der Waals surface area contributed by atoms with Crippen LogP contribution in [0.4, 0.5) is 0 Å². The first-order chi connectivity index (χ1) is 10.8. The Balaban J connectivity index is 1.85. The first-order valence-corrected chi connectivity index (χ1v) is 10.6. The van der Waals surface area contributed by atoms with E-state index in [-0.39, 0.29) is 5.91 Å². The van der Waals surface area contributed by atoms with E-state index in [1.54, 1.807) is 12.1 Å². The lowest BCUT2D eigenvalue weighted by Crippen LogP contribution is -2.51. The molecule has 0 bridgehead atoms. The second kappa shape index (κ2) is 8.06. The molecule has 0 unspecified atom stereocenters. The third kappa shape index (κ3) is 5.25. The molecule has 2 rings (SSSR count). The second-order valence-corrected chi connectivity index (χ2v) is 10.6. The Morgan fingerprint density at radius 3 is 2.48 bits per heavy atom. The summed E-state index contributed by atoms with van der Waals surface area (Å²) in [6.45, 7) is 7.05. The lowest BCUT2D eigenvalue weighted by molar-refractivity contribution is -0.122. The molecule has 1 aromatic heterocycles. The first-order valence-electron chi connectivity index (χ1n) is 7.53. The van der Waals surface area contributed by atoms with Gasteiger partial charge in [0.2, 0.25) is 5.91 Å². The van der Waals surface area contributed by atoms with E-state index in [4.69, 9.17) is 0 Å². The molecule has 6 nitrogen and oxygen atoms in total. The van der Waals surface area contributed by atoms with Crippen molar-refractivity contribution in [3.05, 3.63) is 15.9 Å². The average Bonchev–Trinajstić information content (AvgIpc) is 2.93. The third-order valence-electron chi connectivity index (χ3n) is 3.55. The van der Waals surface area contributed by atoms with Crippen molar-refractivity contribution < 1.29 is 13.2 Å². The van der Waals surface area contributed by atoms with Crippen molar-refractivity contribution in [3.8, 4) is 0 Å². The molecule has 1 saturated heterocycles. The molecule has 1 amide bonds. The minimum Gasteiger partial charge on any atom is -0.355 e. The van der Waals surface area contributed by atoms with Crippen LogP contribution in [0.1, 0.15) is 13.8 Å². The maximum atomic E-state index is 12.5. The number of nitrogens with one attached hydrogen (secondary N) is 1. The predicted octanol–water partition coefficient (Wildman–Crippen LogP) is 1.59. The summed E-state index contributed by atoms with van der Waals surface area (Å²) in [5.41, 5.74) is 0. The monoisotopic (exact) mass is 423 g/mol. The van der Waals surface area contributed by atoms with Gasteiger partial charge in [0.1, 0.15) is 4.21 Å². The highest BCUT2D eigenvalue weighted by Crippen LogP contribution is 2.28. The lowest BCUT2D eigenvalue weighted by atomic mass is 10.2. The van der Waals surface area contributed by atoms with Gasteiger partial charge in [-0.25, -0.2) is 8.42 Å². The average molecular weight is 424 g/mol. The van der Waals surface area contributed by atoms with Crippen LogP contribution in [0.5, 0.6) is 0 Å². The van der Waals surface area contributed by atoms with Gasteiger partial charge in [-0.3, -0.25) is 9.69 Å². The van der Waals surface area contributed by atoms with Gasteiger partial charge in [0.25, 0.3) is 10.0 Å². The standard InChI is InChI=1S/C14H22BrN3O3S2/c1-11(2)9-16-13(19)10-17-5-7-18(8-6-17)23(20,21)14-4-3-12(15)22-14/h3-4,11H,5-10H2,1-2H3,(H,16,19). The molecular formula is C14H22BrN3O3S2. The fourth-order valence-corrected chi connectivity index (χ4v) is 5.85. The molecule has 0 saturated carbocycles. The number of piperazine rings is 1. The zero-order valence-corrected chi connectivity index (χ0v) is 16.5. The van der Waals surface area contributed by atoms with Gasteiger partial charge in [0.05, 0.1) is 10.3 Å². The Hall–Kier alpha value is -0.480. The summed E-state index contributed by atoms with van der Waals surface area (Å²) in [4.78, 5) is 13.8. The molecule has 2 heterocycles. The van der Waals surface area contributed by atoms with E-state index in [1.165, 1.54) is 15.6 Å². The van der Waals surface area contributed by atoms with Crippen molar-refractivity contribution in [1.82, 2.24) is 14.5 Å². The molecule has 1 N–H and O–H groups in total. The van der Waals surface area contributed by atoms with Gasteiger partial charge in [-0.05, 0) is 34.0 Å². The summed E-state index contributed by atoms with van der Waals surface area (Å²) in [5.74, 6) is 0.420. The zero-order valence-electron chi connectivity index (χ0n) is 13.3. The van der Waals surface area contributed by atoms with Gasteiger partial charge in [0.15, 0.2) is 0 Å². The van der Waals surface area contributed by atoms with Crippen LogP contribution in [0, 0.1) is 5.92 Å². The normalized spacial score (nSPS) is 17.6. The minimum absolute atomic E-state index is 0.00260. The van der Waals surface area contributed by atoms with E-state index < -0.39 is 10.0 Å². The van der Waals surface area contributed by atoms with Gasteiger partial charge in [-0.1, -0.05) is 13.8 Å². The number of thiophene rings is 1. The summed E-state index contributed by atoms with van der Waals surface area (Å²) in [7, 11) is -3.42. The number of carbonyl (C=O) groups is 1. The van der Waals surface area contributed by atoms with Crippen LogP contribution < -0.4 is 5.32 Å². The second-order valence-electron chi connectivity index (χ2n) is 5.94. The van der Waals surface area contributed by atoms with Gasteiger partial charge < -0.3 is 5.32 Å². The van der Waals surface area contributed by atoms with Gasteiger partial charge in [-0.15, -0.1) is 11.3 Å². The van der Waals surface area contributed by atoms with Crippen LogP contribution in [0.15, 0.2) is 20.1 Å². The van der Waals surface area contributed by atoms with Crippen molar-refractivity contribution in [2.45, 2.75) is 18.1 Å². The van der Waals surface area contributed by atoms with Crippen molar-refractivity contribution in [3.63, 3.8) is 0 Å². The van der Waals surface area contributed by atoms with Gasteiger partial charge >= 0.3 is 0 Å². The molecule has 1 aliphatic rings. The smallest absolute Gasteiger partial charge is 0.252 e. The number of rotatable bonds is 6. The van der Waals surface area contributed by atoms with Crippen LogP contribution >= 0.6 is 27.3 Å². The van der Waals surface area contributed by atoms with E-state index in [2.05, 4.69) is 21.2 Å². The van der Waals surface area contributed by atoms with Crippen molar-refractivity contribution >= 4 is 43.2 Å². The maximum absolute atomic E-state index is 12.5. The van der Waals surface area contributed by atoms with Gasteiger partial charge in [0, 0.05) is 32.7 Å². The number of sulfonamides is 1. The van der Waals surface area contributed by atoms with Gasteiger partial charge in [-0.2, -0.15) is 4.31 Å². The van der Waals surface area contributed by atoms with Crippen LogP contribution in [0.25, 0.3) is 0 Å². The summed E-state index contributed by atoms with van der Waals surface area (Å²) in [6, 6.07) is 3.36. The summed E-state index contributed by atoms with van der Waals surface area (Å²) in [5, 5.41) is 2.88. The number of nitrogens with zero attached hydrogens (tertiary/aromatic N) is 2. The zero-order chi connectivity index (χ0) is 17.0. The highest BCUT2D eigenvalue weighted by molar-refractivity contribution is 9.11. The van der Waals surface area contributed by atoms with Crippen molar-refractivity contribution in [2.24, 2.45) is 5.92 Å². The molecule has 23 heavy (non-hydrogen) atoms. The first kappa shape index (κ1) is 18.9. The molecule has 0 spiro atoms. The Kier molecular flexibility index (Phi) is 6.61. The number of carbonyl (C=O) groups excluding carboxylic acids is 1. The number of hydrogen-bond donors (Lipinski definition) is 1. The Labute approximate surface area is 150 Å². The predicted molar refractivity (Wildman–Crippen MR) is 95.1 cm³/mol. The molecular weight excluding hydrogens is 402 g/mol. The molecule has 0 atom stereocenters. The minimum atomic E-state index is -3.42. The van der Waals surface area contributed by atoms with E-state index in [0.29, 0.717) is 49.4 Å². The largest absolute Gasteiger partial charge is 0.355 e. The molecule has 0 aliphatic carbocycles. The fourth-order valence-electron chi connectivity index (χ4n) is 2.27. The topological polar surface area (TPSA) is 69.7 Å². The maximum Gasteiger partial charge on any atom is 0.252 e. The fraction of sp³-hybridized carbons (Fsp3) is 0.643. The molecule has 9 heteroatoms. The molecule has 1 aromatic rings. The molecule has 0 aromatic carbocycles. The number of hydrogen-bond acceptors (Lipinski definition) is 5. The third-order valence-corrected chi connectivity index (χ3v) is 7.54. The summed E-state index contributed by atoms with van der Waals surface area (Å²) < 4.78 is 27.7. The number of halogens is 1. The Bertz CT molecular complexity index is 637. The van der Waals surface area contributed by atoms with E-state index >= 15 is 0 Å². The van der Waals surface area contributed by atoms with E-state index in [9.17, 15) is 13.2 Å². The molecule has 1 fully saturated rings. The van der Waals surface area contributed by atoms with Crippen LogP contribution in [0.2, 0.25) is 0 Å². The summed E-state index contributed by atoms with van der Waals surface area (Å²) in [6.07, 6.45) is 0. The molecule has 130 valence electrons. The lowest BCUT2D eigenvalue weighted by Gasteiger charge is -2.33.